The number of alkyl halides is 4. The fourth-order valence-corrected chi connectivity index (χ4v) is 5.87. The average Bonchev–Trinajstić information content (AvgIpc) is 3.34. The van der Waals surface area contributed by atoms with Gasteiger partial charge in [-0.3, -0.25) is 0 Å². The molecular formula is C27H37F4N7O. The van der Waals surface area contributed by atoms with Gasteiger partial charge in [0.05, 0.1) is 5.56 Å². The fraction of sp³-hybridized carbons (Fsp3) is 0.667. The third-order valence-corrected chi connectivity index (χ3v) is 8.10. The Bertz CT molecular complexity index is 1140. The van der Waals surface area contributed by atoms with Gasteiger partial charge in [0.15, 0.2) is 0 Å². The molecule has 39 heavy (non-hydrogen) atoms. The molecular weight excluding hydrogens is 514 g/mol. The van der Waals surface area contributed by atoms with E-state index in [9.17, 15) is 17.6 Å². The SMILES string of the molecule is C[C@@H]1CN(c2ncc(CCO)cc2C(F)(F)F)CCN1c1cc(N2CCC(F)CC2)nc(N2CCC[C@H]2C)n1. The Morgan fingerprint density at radius 2 is 1.64 bits per heavy atom. The Balaban J connectivity index is 1.41. The summed E-state index contributed by atoms with van der Waals surface area (Å²) in [5.41, 5.74) is -0.422. The zero-order chi connectivity index (χ0) is 27.7. The number of hydrogen-bond donors (Lipinski definition) is 1. The smallest absolute Gasteiger partial charge is 0.396 e. The molecule has 0 bridgehead atoms. The van der Waals surface area contributed by atoms with Crippen LogP contribution in [0.3, 0.4) is 0 Å². The molecule has 12 heteroatoms. The highest BCUT2D eigenvalue weighted by atomic mass is 19.4. The molecule has 0 amide bonds. The van der Waals surface area contributed by atoms with E-state index in [1.54, 1.807) is 4.90 Å². The van der Waals surface area contributed by atoms with E-state index in [4.69, 9.17) is 15.1 Å². The summed E-state index contributed by atoms with van der Waals surface area (Å²) < 4.78 is 55.7. The second kappa shape index (κ2) is 11.3. The molecule has 3 saturated heterocycles. The van der Waals surface area contributed by atoms with Crippen molar-refractivity contribution in [2.75, 3.05) is 65.5 Å². The van der Waals surface area contributed by atoms with Crippen LogP contribution >= 0.6 is 0 Å². The maximum absolute atomic E-state index is 13.9. The Hall–Kier alpha value is -2.89. The molecule has 0 saturated carbocycles. The number of rotatable bonds is 6. The summed E-state index contributed by atoms with van der Waals surface area (Å²) in [5, 5.41) is 9.16. The van der Waals surface area contributed by atoms with E-state index in [1.165, 1.54) is 6.20 Å². The molecule has 3 fully saturated rings. The molecule has 3 aliphatic rings. The Labute approximate surface area is 226 Å². The molecule has 8 nitrogen and oxygen atoms in total. The maximum Gasteiger partial charge on any atom is 0.419 e. The van der Waals surface area contributed by atoms with Crippen molar-refractivity contribution in [3.05, 3.63) is 29.5 Å². The quantitative estimate of drug-likeness (QED) is 0.539. The zero-order valence-electron chi connectivity index (χ0n) is 22.5. The first kappa shape index (κ1) is 27.7. The van der Waals surface area contributed by atoms with Crippen LogP contribution in [0, 0.1) is 0 Å². The van der Waals surface area contributed by atoms with Gasteiger partial charge in [-0.05, 0) is 57.6 Å². The van der Waals surface area contributed by atoms with E-state index in [1.807, 2.05) is 13.0 Å². The fourth-order valence-electron chi connectivity index (χ4n) is 5.87. The van der Waals surface area contributed by atoms with Crippen LogP contribution in [0.15, 0.2) is 18.3 Å². The molecule has 2 aromatic heterocycles. The van der Waals surface area contributed by atoms with Crippen molar-refractivity contribution >= 4 is 23.4 Å². The van der Waals surface area contributed by atoms with Gasteiger partial charge in [0, 0.05) is 70.2 Å². The van der Waals surface area contributed by atoms with Gasteiger partial charge in [0.25, 0.3) is 0 Å². The number of piperazine rings is 1. The molecule has 0 aliphatic carbocycles. The number of piperidine rings is 1. The summed E-state index contributed by atoms with van der Waals surface area (Å²) in [6.07, 6.45) is -0.734. The summed E-state index contributed by atoms with van der Waals surface area (Å²) in [6.45, 7) is 7.12. The van der Waals surface area contributed by atoms with E-state index in [0.29, 0.717) is 63.1 Å². The number of aromatic nitrogens is 3. The summed E-state index contributed by atoms with van der Waals surface area (Å²) in [6, 6.07) is 3.22. The molecule has 0 radical (unpaired) electrons. The molecule has 1 N–H and O–H groups in total. The lowest BCUT2D eigenvalue weighted by Gasteiger charge is -2.42. The molecule has 214 valence electrons. The van der Waals surface area contributed by atoms with Crippen molar-refractivity contribution in [3.8, 4) is 0 Å². The first-order valence-electron chi connectivity index (χ1n) is 13.9. The lowest BCUT2D eigenvalue weighted by Crippen LogP contribution is -2.53. The predicted molar refractivity (Wildman–Crippen MR) is 143 cm³/mol. The first-order valence-corrected chi connectivity index (χ1v) is 13.9. The van der Waals surface area contributed by atoms with Gasteiger partial charge in [-0.15, -0.1) is 0 Å². The minimum absolute atomic E-state index is 0.0836. The van der Waals surface area contributed by atoms with Gasteiger partial charge >= 0.3 is 6.18 Å². The van der Waals surface area contributed by atoms with Crippen LogP contribution in [-0.2, 0) is 12.6 Å². The highest BCUT2D eigenvalue weighted by molar-refractivity contribution is 5.58. The molecule has 0 aromatic carbocycles. The topological polar surface area (TPSA) is 71.9 Å². The molecule has 5 heterocycles. The van der Waals surface area contributed by atoms with E-state index in [-0.39, 0.29) is 24.9 Å². The highest BCUT2D eigenvalue weighted by Crippen LogP contribution is 2.37. The number of anilines is 4. The van der Waals surface area contributed by atoms with Crippen LogP contribution in [-0.4, -0.2) is 84.2 Å². The highest BCUT2D eigenvalue weighted by Gasteiger charge is 2.38. The van der Waals surface area contributed by atoms with Crippen LogP contribution < -0.4 is 19.6 Å². The molecule has 2 aromatic rings. The summed E-state index contributed by atoms with van der Waals surface area (Å²) in [5.74, 6) is 2.09. The number of halogens is 4. The predicted octanol–water partition coefficient (Wildman–Crippen LogP) is 4.07. The van der Waals surface area contributed by atoms with Gasteiger partial charge in [-0.1, -0.05) is 0 Å². The Kier molecular flexibility index (Phi) is 8.02. The maximum atomic E-state index is 13.9. The number of aliphatic hydroxyl groups excluding tert-OH is 1. The van der Waals surface area contributed by atoms with Gasteiger partial charge < -0.3 is 24.7 Å². The van der Waals surface area contributed by atoms with Crippen LogP contribution in [0.2, 0.25) is 0 Å². The van der Waals surface area contributed by atoms with Gasteiger partial charge in [-0.2, -0.15) is 23.1 Å². The molecule has 0 unspecified atom stereocenters. The van der Waals surface area contributed by atoms with Crippen molar-refractivity contribution in [2.45, 2.75) is 70.4 Å². The summed E-state index contributed by atoms with van der Waals surface area (Å²) in [7, 11) is 0. The van der Waals surface area contributed by atoms with E-state index >= 15 is 0 Å². The lowest BCUT2D eigenvalue weighted by molar-refractivity contribution is -0.137. The zero-order valence-corrected chi connectivity index (χ0v) is 22.5. The van der Waals surface area contributed by atoms with Crippen LogP contribution in [0.25, 0.3) is 0 Å². The monoisotopic (exact) mass is 551 g/mol. The number of aliphatic hydroxyl groups is 1. The van der Waals surface area contributed by atoms with Crippen LogP contribution in [0.4, 0.5) is 41.0 Å². The van der Waals surface area contributed by atoms with Gasteiger partial charge in [-0.25, -0.2) is 9.37 Å². The van der Waals surface area contributed by atoms with Gasteiger partial charge in [0.2, 0.25) is 5.95 Å². The summed E-state index contributed by atoms with van der Waals surface area (Å²) in [4.78, 5) is 22.1. The van der Waals surface area contributed by atoms with Crippen molar-refractivity contribution < 1.29 is 22.7 Å². The minimum Gasteiger partial charge on any atom is -0.396 e. The largest absolute Gasteiger partial charge is 0.419 e. The standard InChI is InChI=1S/C27H37F4N7O/c1-18-4-3-8-38(18)26-33-23(35-9-5-21(28)6-10-35)15-24(34-26)37-12-11-36(17-19(37)2)25-22(27(29,30)31)14-20(7-13-39)16-32-25/h14-16,18-19,21,39H,3-13,17H2,1-2H3/t18-,19-/m1/s1. The van der Waals surface area contributed by atoms with Gasteiger partial charge in [0.1, 0.15) is 23.6 Å². The number of nitrogens with zero attached hydrogens (tertiary/aromatic N) is 7. The molecule has 5 rings (SSSR count). The second-order valence-electron chi connectivity index (χ2n) is 10.9. The Morgan fingerprint density at radius 1 is 0.897 bits per heavy atom. The van der Waals surface area contributed by atoms with E-state index in [2.05, 4.69) is 26.6 Å². The number of pyridine rings is 1. The Morgan fingerprint density at radius 3 is 2.28 bits per heavy atom. The van der Waals surface area contributed by atoms with Crippen LogP contribution in [0.5, 0.6) is 0 Å². The minimum atomic E-state index is -4.55. The molecule has 3 aliphatic heterocycles. The molecule has 0 spiro atoms. The first-order chi connectivity index (χ1) is 18.6. The van der Waals surface area contributed by atoms with Crippen LogP contribution in [0.1, 0.15) is 50.7 Å². The lowest BCUT2D eigenvalue weighted by atomic mass is 10.1. The number of hydrogen-bond acceptors (Lipinski definition) is 8. The van der Waals surface area contributed by atoms with Crippen molar-refractivity contribution in [3.63, 3.8) is 0 Å². The normalized spacial score (nSPS) is 23.2. The van der Waals surface area contributed by atoms with Crippen molar-refractivity contribution in [1.29, 1.82) is 0 Å². The van der Waals surface area contributed by atoms with E-state index < -0.39 is 17.9 Å². The summed E-state index contributed by atoms with van der Waals surface area (Å²) >= 11 is 0. The second-order valence-corrected chi connectivity index (χ2v) is 10.9. The van der Waals surface area contributed by atoms with E-state index in [0.717, 1.165) is 37.1 Å². The van der Waals surface area contributed by atoms with Crippen molar-refractivity contribution in [2.24, 2.45) is 0 Å². The van der Waals surface area contributed by atoms with Crippen molar-refractivity contribution in [1.82, 2.24) is 15.0 Å². The molecule has 2 atom stereocenters. The third-order valence-electron chi connectivity index (χ3n) is 8.10. The third kappa shape index (κ3) is 6.00. The average molecular weight is 552 g/mol.